The highest BCUT2D eigenvalue weighted by Gasteiger charge is 2.60. The Labute approximate surface area is 256 Å². The average Bonchev–Trinajstić information content (AvgIpc) is 3.42. The molecule has 10 heteroatoms. The Hall–Kier alpha value is -2.17. The highest BCUT2D eigenvalue weighted by Crippen LogP contribution is 2.52. The number of carbonyl (C=O) groups is 1. The van der Waals surface area contributed by atoms with Crippen LogP contribution in [-0.2, 0) is 9.53 Å². The monoisotopic (exact) mass is 597 g/mol. The van der Waals surface area contributed by atoms with Crippen molar-refractivity contribution < 1.29 is 13.9 Å². The minimum atomic E-state index is -1.01. The summed E-state index contributed by atoms with van der Waals surface area (Å²) in [7, 11) is 0. The van der Waals surface area contributed by atoms with E-state index in [1.165, 1.54) is 38.5 Å². The molecule has 9 nitrogen and oxygen atoms in total. The van der Waals surface area contributed by atoms with Crippen LogP contribution in [0.2, 0.25) is 0 Å². The molecule has 0 aromatic carbocycles. The van der Waals surface area contributed by atoms with Gasteiger partial charge in [-0.05, 0) is 74.8 Å². The lowest BCUT2D eigenvalue weighted by Gasteiger charge is -2.62. The number of rotatable bonds is 7. The molecule has 3 saturated carbocycles. The standard InChI is InChI=1S/C33H52FN7O2/c1-19-23-15-25(34)30(40-16-22-9-6-12-37-26(22)18-40)31-29(23)41(17-24(19)32(42)38-10-4-5-11-39-33(35)36)27-13-20-7-2-3-8-21(20)14-28(27)43-31/h17,20-23,25-31,37H,1-16,18H2,(H,38,42)(H4,35,36,39). The van der Waals surface area contributed by atoms with Crippen LogP contribution in [0.15, 0.2) is 28.9 Å². The molecule has 0 aromatic rings. The Morgan fingerprint density at radius 1 is 1.07 bits per heavy atom. The number of unbranched alkanes of at least 4 members (excludes halogenated alkanes) is 1. The number of ether oxygens (including phenoxy) is 1. The zero-order chi connectivity index (χ0) is 29.7. The number of hydrogen-bond acceptors (Lipinski definition) is 6. The molecule has 0 spiro atoms. The fourth-order valence-electron chi connectivity index (χ4n) is 10.1. The molecule has 0 radical (unpaired) electrons. The van der Waals surface area contributed by atoms with E-state index in [1.807, 2.05) is 0 Å². The summed E-state index contributed by atoms with van der Waals surface area (Å²) in [5.74, 6) is 1.87. The van der Waals surface area contributed by atoms with Crippen molar-refractivity contribution in [1.82, 2.24) is 20.4 Å². The molecule has 3 aliphatic carbocycles. The number of piperidine rings is 1. The van der Waals surface area contributed by atoms with Gasteiger partial charge >= 0.3 is 0 Å². The van der Waals surface area contributed by atoms with E-state index in [-0.39, 0.29) is 48.1 Å². The summed E-state index contributed by atoms with van der Waals surface area (Å²) in [4.78, 5) is 22.6. The van der Waals surface area contributed by atoms with Gasteiger partial charge in [-0.3, -0.25) is 14.7 Å². The number of nitrogens with two attached hydrogens (primary N) is 2. The highest BCUT2D eigenvalue weighted by atomic mass is 19.1. The number of aliphatic imine (C=N–C) groups is 1. The first kappa shape index (κ1) is 29.5. The Kier molecular flexibility index (Phi) is 8.46. The van der Waals surface area contributed by atoms with Gasteiger partial charge in [-0.2, -0.15) is 0 Å². The van der Waals surface area contributed by atoms with Gasteiger partial charge in [0, 0.05) is 44.3 Å². The third kappa shape index (κ3) is 5.61. The summed E-state index contributed by atoms with van der Waals surface area (Å²) in [5.41, 5.74) is 12.2. The smallest absolute Gasteiger partial charge is 0.253 e. The number of nitrogens with one attached hydrogen (secondary N) is 2. The summed E-state index contributed by atoms with van der Waals surface area (Å²) < 4.78 is 23.7. The van der Waals surface area contributed by atoms with Crippen LogP contribution in [0.4, 0.5) is 4.39 Å². The van der Waals surface area contributed by atoms with Crippen molar-refractivity contribution in [2.24, 2.45) is 40.1 Å². The molecular formula is C33H52FN7O2. The molecule has 43 heavy (non-hydrogen) atoms. The molecule has 7 rings (SSSR count). The van der Waals surface area contributed by atoms with E-state index in [0.29, 0.717) is 43.0 Å². The fourth-order valence-corrected chi connectivity index (χ4v) is 10.1. The number of fused-ring (bicyclic) bond motifs is 4. The average molecular weight is 598 g/mol. The van der Waals surface area contributed by atoms with E-state index in [2.05, 4.69) is 38.2 Å². The maximum atomic E-state index is 16.6. The second-order valence-corrected chi connectivity index (χ2v) is 14.5. The van der Waals surface area contributed by atoms with Crippen LogP contribution in [0.1, 0.15) is 70.6 Å². The molecule has 1 amide bonds. The zero-order valence-electron chi connectivity index (χ0n) is 25.6. The van der Waals surface area contributed by atoms with Crippen LogP contribution >= 0.6 is 0 Å². The highest BCUT2D eigenvalue weighted by molar-refractivity contribution is 5.98. The number of guanidine groups is 1. The number of morpholine rings is 1. The third-order valence-electron chi connectivity index (χ3n) is 12.1. The predicted molar refractivity (Wildman–Crippen MR) is 166 cm³/mol. The first-order valence-corrected chi connectivity index (χ1v) is 17.2. The lowest BCUT2D eigenvalue weighted by molar-refractivity contribution is -0.216. The number of halogens is 1. The second-order valence-electron chi connectivity index (χ2n) is 14.5. The van der Waals surface area contributed by atoms with Crippen molar-refractivity contribution in [2.45, 2.75) is 113 Å². The predicted octanol–water partition coefficient (Wildman–Crippen LogP) is 2.43. The Morgan fingerprint density at radius 2 is 1.86 bits per heavy atom. The van der Waals surface area contributed by atoms with Crippen molar-refractivity contribution in [3.63, 3.8) is 0 Å². The van der Waals surface area contributed by atoms with Gasteiger partial charge in [0.15, 0.2) is 5.96 Å². The number of alkyl halides is 1. The van der Waals surface area contributed by atoms with Gasteiger partial charge in [0.2, 0.25) is 0 Å². The lowest BCUT2D eigenvalue weighted by atomic mass is 9.64. The van der Waals surface area contributed by atoms with Gasteiger partial charge in [0.25, 0.3) is 5.91 Å². The maximum absolute atomic E-state index is 16.6. The number of hydrogen-bond donors (Lipinski definition) is 4. The van der Waals surface area contributed by atoms with Crippen molar-refractivity contribution in [3.8, 4) is 0 Å². The summed E-state index contributed by atoms with van der Waals surface area (Å²) in [6.45, 7) is 8.45. The number of carbonyl (C=O) groups excluding carboxylic acids is 1. The largest absolute Gasteiger partial charge is 0.370 e. The van der Waals surface area contributed by atoms with Gasteiger partial charge in [0.05, 0.1) is 35.9 Å². The molecule has 238 valence electrons. The van der Waals surface area contributed by atoms with E-state index in [1.54, 1.807) is 0 Å². The summed E-state index contributed by atoms with van der Waals surface area (Å²) >= 11 is 0. The van der Waals surface area contributed by atoms with E-state index < -0.39 is 6.17 Å². The van der Waals surface area contributed by atoms with Gasteiger partial charge in [-0.15, -0.1) is 0 Å². The summed E-state index contributed by atoms with van der Waals surface area (Å²) in [5, 5.41) is 6.82. The van der Waals surface area contributed by atoms with Crippen LogP contribution in [0.5, 0.6) is 0 Å². The molecule has 0 aromatic heterocycles. The van der Waals surface area contributed by atoms with Gasteiger partial charge < -0.3 is 31.7 Å². The number of nitrogens with zero attached hydrogens (tertiary/aromatic N) is 3. The van der Waals surface area contributed by atoms with Crippen LogP contribution < -0.4 is 22.1 Å². The Balaban J connectivity index is 1.15. The second kappa shape index (κ2) is 12.3. The minimum absolute atomic E-state index is 0.0256. The molecule has 4 aliphatic heterocycles. The number of amides is 1. The molecule has 4 heterocycles. The quantitative estimate of drug-likeness (QED) is 0.202. The molecule has 6 fully saturated rings. The van der Waals surface area contributed by atoms with E-state index in [4.69, 9.17) is 16.2 Å². The van der Waals surface area contributed by atoms with Gasteiger partial charge in [-0.25, -0.2) is 4.39 Å². The van der Waals surface area contributed by atoms with Gasteiger partial charge in [-0.1, -0.05) is 32.3 Å². The minimum Gasteiger partial charge on any atom is -0.370 e. The van der Waals surface area contributed by atoms with E-state index in [0.717, 1.165) is 56.8 Å². The Bertz CT molecular complexity index is 1110. The van der Waals surface area contributed by atoms with Crippen LogP contribution in [-0.4, -0.2) is 96.9 Å². The fraction of sp³-hybridized carbons (Fsp3) is 0.818. The maximum Gasteiger partial charge on any atom is 0.253 e. The van der Waals surface area contributed by atoms with Crippen molar-refractivity contribution >= 4 is 11.9 Å². The van der Waals surface area contributed by atoms with Crippen LogP contribution in [0.25, 0.3) is 0 Å². The van der Waals surface area contributed by atoms with E-state index >= 15 is 4.39 Å². The van der Waals surface area contributed by atoms with Crippen LogP contribution in [0, 0.1) is 23.7 Å². The summed E-state index contributed by atoms with van der Waals surface area (Å²) in [6.07, 6.45) is 12.7. The van der Waals surface area contributed by atoms with Crippen molar-refractivity contribution in [3.05, 3.63) is 23.9 Å². The molecule has 3 saturated heterocycles. The van der Waals surface area contributed by atoms with Crippen LogP contribution in [0.3, 0.4) is 0 Å². The van der Waals surface area contributed by atoms with Crippen molar-refractivity contribution in [1.29, 1.82) is 0 Å². The van der Waals surface area contributed by atoms with Gasteiger partial charge in [0.1, 0.15) is 6.17 Å². The molecule has 7 aliphatic rings. The SMILES string of the molecule is C=C1C(C(=O)NCCCCN=C(N)N)=CN2C3CC4CCCCC4CC3OC3C(N4CC5CCCNC5C4)C(F)CC1C32. The lowest BCUT2D eigenvalue weighted by Crippen LogP contribution is -2.72. The molecule has 6 N–H and O–H groups in total. The van der Waals surface area contributed by atoms with E-state index in [9.17, 15) is 4.79 Å². The molecule has 11 atom stereocenters. The first-order chi connectivity index (χ1) is 20.9. The normalized spacial score (nSPS) is 42.2. The molecular weight excluding hydrogens is 545 g/mol. The number of likely N-dealkylation sites (tertiary alicyclic amines) is 1. The summed E-state index contributed by atoms with van der Waals surface area (Å²) in [6, 6.07) is 0.471. The zero-order valence-corrected chi connectivity index (χ0v) is 25.6. The Morgan fingerprint density at radius 3 is 2.65 bits per heavy atom. The molecule has 11 unspecified atom stereocenters. The first-order valence-electron chi connectivity index (χ1n) is 17.2. The molecule has 0 bridgehead atoms. The van der Waals surface area contributed by atoms with Crippen molar-refractivity contribution in [2.75, 3.05) is 32.7 Å². The third-order valence-corrected chi connectivity index (χ3v) is 12.1. The topological polar surface area (TPSA) is 121 Å².